The highest BCUT2D eigenvalue weighted by atomic mass is 16.5. The molecule has 0 saturated heterocycles. The van der Waals surface area contributed by atoms with Gasteiger partial charge in [0, 0.05) is 25.5 Å². The van der Waals surface area contributed by atoms with Gasteiger partial charge in [-0.25, -0.2) is 4.98 Å². The zero-order valence-electron chi connectivity index (χ0n) is 15.9. The van der Waals surface area contributed by atoms with Gasteiger partial charge in [-0.2, -0.15) is 0 Å². The molecule has 0 radical (unpaired) electrons. The minimum absolute atomic E-state index is 0.0205. The van der Waals surface area contributed by atoms with E-state index in [1.54, 1.807) is 18.2 Å². The van der Waals surface area contributed by atoms with Crippen LogP contribution in [0.1, 0.15) is 30.8 Å². The molecule has 0 saturated carbocycles. The van der Waals surface area contributed by atoms with Crippen molar-refractivity contribution in [1.82, 2.24) is 9.88 Å². The molecule has 0 aliphatic heterocycles. The number of nitrogens with zero attached hydrogens (tertiary/aromatic N) is 2. The molecule has 1 heterocycles. The van der Waals surface area contributed by atoms with E-state index in [9.17, 15) is 4.79 Å². The number of aromatic nitrogens is 1. The van der Waals surface area contributed by atoms with Crippen LogP contribution in [0.2, 0.25) is 0 Å². The molecule has 5 nitrogen and oxygen atoms in total. The number of methoxy groups -OCH3 is 1. The van der Waals surface area contributed by atoms with E-state index in [2.05, 4.69) is 4.98 Å². The van der Waals surface area contributed by atoms with Crippen LogP contribution in [0.4, 0.5) is 0 Å². The summed E-state index contributed by atoms with van der Waals surface area (Å²) in [5.41, 5.74) is 2.04. The number of amides is 1. The van der Waals surface area contributed by atoms with Crippen molar-refractivity contribution >= 4 is 5.91 Å². The van der Waals surface area contributed by atoms with E-state index in [1.165, 1.54) is 0 Å². The molecule has 0 bridgehead atoms. The van der Waals surface area contributed by atoms with Crippen molar-refractivity contribution in [3.63, 3.8) is 0 Å². The smallest absolute Gasteiger partial charge is 0.223 e. The summed E-state index contributed by atoms with van der Waals surface area (Å²) in [5.74, 6) is 2.15. The Morgan fingerprint density at radius 2 is 1.85 bits per heavy atom. The van der Waals surface area contributed by atoms with Crippen molar-refractivity contribution in [3.05, 3.63) is 72.2 Å². The third-order valence-corrected chi connectivity index (χ3v) is 4.74. The molecule has 1 amide bonds. The van der Waals surface area contributed by atoms with Crippen molar-refractivity contribution in [2.75, 3.05) is 14.2 Å². The quantitative estimate of drug-likeness (QED) is 0.619. The third-order valence-electron chi connectivity index (χ3n) is 4.74. The standard InChI is InChI=1S/C22H24N2O3/c1-16(17-9-11-19(26-3)12-10-17)24(2)22(25)14-13-21-23-15-20(27-21)18-7-5-4-6-8-18/h4-12,15-16H,13-14H2,1-3H3. The highest BCUT2D eigenvalue weighted by molar-refractivity contribution is 5.76. The van der Waals surface area contributed by atoms with Crippen LogP contribution in [0, 0.1) is 0 Å². The summed E-state index contributed by atoms with van der Waals surface area (Å²) in [6.45, 7) is 2.01. The average Bonchev–Trinajstić information content (AvgIpc) is 3.20. The van der Waals surface area contributed by atoms with E-state index < -0.39 is 0 Å². The SMILES string of the molecule is COc1ccc(C(C)N(C)C(=O)CCc2ncc(-c3ccccc3)o2)cc1. The van der Waals surface area contributed by atoms with Crippen molar-refractivity contribution < 1.29 is 13.9 Å². The minimum atomic E-state index is -0.0205. The maximum Gasteiger partial charge on any atom is 0.223 e. The van der Waals surface area contributed by atoms with Crippen LogP contribution in [0.3, 0.4) is 0 Å². The fraction of sp³-hybridized carbons (Fsp3) is 0.273. The van der Waals surface area contributed by atoms with Crippen molar-refractivity contribution in [2.45, 2.75) is 25.8 Å². The summed E-state index contributed by atoms with van der Waals surface area (Å²) in [6.07, 6.45) is 2.54. The number of carbonyl (C=O) groups excluding carboxylic acids is 1. The number of hydrogen-bond acceptors (Lipinski definition) is 4. The normalized spacial score (nSPS) is 11.8. The first kappa shape index (κ1) is 18.7. The summed E-state index contributed by atoms with van der Waals surface area (Å²) in [4.78, 5) is 18.6. The predicted molar refractivity (Wildman–Crippen MR) is 104 cm³/mol. The highest BCUT2D eigenvalue weighted by Crippen LogP contribution is 2.23. The molecule has 1 aromatic heterocycles. The lowest BCUT2D eigenvalue weighted by atomic mass is 10.1. The van der Waals surface area contributed by atoms with Gasteiger partial charge in [-0.15, -0.1) is 0 Å². The number of ether oxygens (including phenoxy) is 1. The van der Waals surface area contributed by atoms with Crippen LogP contribution >= 0.6 is 0 Å². The van der Waals surface area contributed by atoms with E-state index in [4.69, 9.17) is 9.15 Å². The van der Waals surface area contributed by atoms with Crippen molar-refractivity contribution in [1.29, 1.82) is 0 Å². The second-order valence-electron chi connectivity index (χ2n) is 6.44. The Hall–Kier alpha value is -3.08. The molecule has 1 unspecified atom stereocenters. The summed E-state index contributed by atoms with van der Waals surface area (Å²) in [5, 5.41) is 0. The second kappa shape index (κ2) is 8.54. The van der Waals surface area contributed by atoms with Crippen LogP contribution in [0.15, 0.2) is 65.2 Å². The number of aryl methyl sites for hydroxylation is 1. The maximum atomic E-state index is 12.6. The van der Waals surface area contributed by atoms with Crippen LogP contribution < -0.4 is 4.74 Å². The molecule has 0 spiro atoms. The molecule has 3 aromatic rings. The Bertz CT molecular complexity index is 872. The van der Waals surface area contributed by atoms with E-state index in [-0.39, 0.29) is 11.9 Å². The zero-order chi connectivity index (χ0) is 19.2. The fourth-order valence-electron chi connectivity index (χ4n) is 2.87. The first-order valence-electron chi connectivity index (χ1n) is 8.98. The molecular weight excluding hydrogens is 340 g/mol. The number of rotatable bonds is 7. The summed E-state index contributed by atoms with van der Waals surface area (Å²) in [7, 11) is 3.46. The lowest BCUT2D eigenvalue weighted by Gasteiger charge is -2.25. The molecule has 2 aromatic carbocycles. The van der Waals surface area contributed by atoms with Gasteiger partial charge in [0.15, 0.2) is 11.7 Å². The van der Waals surface area contributed by atoms with E-state index >= 15 is 0 Å². The van der Waals surface area contributed by atoms with Crippen LogP contribution in [0.25, 0.3) is 11.3 Å². The van der Waals surface area contributed by atoms with Gasteiger partial charge >= 0.3 is 0 Å². The molecule has 1 atom stereocenters. The minimum Gasteiger partial charge on any atom is -0.497 e. The van der Waals surface area contributed by atoms with Gasteiger partial charge in [-0.05, 0) is 24.6 Å². The maximum absolute atomic E-state index is 12.6. The van der Waals surface area contributed by atoms with Crippen LogP contribution in [-0.2, 0) is 11.2 Å². The Balaban J connectivity index is 1.57. The number of hydrogen-bond donors (Lipinski definition) is 0. The van der Waals surface area contributed by atoms with Gasteiger partial charge in [0.1, 0.15) is 5.75 Å². The predicted octanol–water partition coefficient (Wildman–Crippen LogP) is 4.50. The average molecular weight is 364 g/mol. The number of oxazole rings is 1. The molecule has 5 heteroatoms. The van der Waals surface area contributed by atoms with Gasteiger partial charge in [0.05, 0.1) is 19.3 Å². The van der Waals surface area contributed by atoms with Gasteiger partial charge in [-0.3, -0.25) is 4.79 Å². The molecule has 0 aliphatic carbocycles. The largest absolute Gasteiger partial charge is 0.497 e. The first-order valence-corrected chi connectivity index (χ1v) is 8.98. The topological polar surface area (TPSA) is 55.6 Å². The molecule has 3 rings (SSSR count). The number of carbonyl (C=O) groups is 1. The zero-order valence-corrected chi connectivity index (χ0v) is 15.9. The lowest BCUT2D eigenvalue weighted by Crippen LogP contribution is -2.29. The Labute approximate surface area is 159 Å². The van der Waals surface area contributed by atoms with E-state index in [0.29, 0.717) is 18.7 Å². The fourth-order valence-corrected chi connectivity index (χ4v) is 2.87. The number of benzene rings is 2. The van der Waals surface area contributed by atoms with Crippen molar-refractivity contribution in [2.24, 2.45) is 0 Å². The van der Waals surface area contributed by atoms with E-state index in [1.807, 2.05) is 68.6 Å². The van der Waals surface area contributed by atoms with Crippen LogP contribution in [0.5, 0.6) is 5.75 Å². The van der Waals surface area contributed by atoms with Gasteiger partial charge in [-0.1, -0.05) is 42.5 Å². The van der Waals surface area contributed by atoms with Crippen LogP contribution in [-0.4, -0.2) is 29.9 Å². The van der Waals surface area contributed by atoms with Crippen molar-refractivity contribution in [3.8, 4) is 17.1 Å². The lowest BCUT2D eigenvalue weighted by molar-refractivity contribution is -0.131. The molecular formula is C22H24N2O3. The van der Waals surface area contributed by atoms with Gasteiger partial charge < -0.3 is 14.1 Å². The molecule has 140 valence electrons. The first-order chi connectivity index (χ1) is 13.1. The summed E-state index contributed by atoms with van der Waals surface area (Å²) >= 11 is 0. The Morgan fingerprint density at radius 1 is 1.15 bits per heavy atom. The summed E-state index contributed by atoms with van der Waals surface area (Å²) in [6, 6.07) is 17.6. The Morgan fingerprint density at radius 3 is 2.52 bits per heavy atom. The Kier molecular flexibility index (Phi) is 5.91. The highest BCUT2D eigenvalue weighted by Gasteiger charge is 2.18. The molecule has 0 N–H and O–H groups in total. The summed E-state index contributed by atoms with van der Waals surface area (Å²) < 4.78 is 11.0. The third kappa shape index (κ3) is 4.56. The van der Waals surface area contributed by atoms with Gasteiger partial charge in [0.2, 0.25) is 5.91 Å². The molecule has 27 heavy (non-hydrogen) atoms. The van der Waals surface area contributed by atoms with E-state index in [0.717, 1.165) is 22.6 Å². The van der Waals surface area contributed by atoms with Gasteiger partial charge in [0.25, 0.3) is 0 Å². The second-order valence-corrected chi connectivity index (χ2v) is 6.44. The molecule has 0 aliphatic rings. The molecule has 0 fully saturated rings. The monoisotopic (exact) mass is 364 g/mol.